The number of halogens is 1. The molecule has 6 nitrogen and oxygen atoms in total. The molecule has 2 aromatic rings. The Morgan fingerprint density at radius 2 is 2.11 bits per heavy atom. The van der Waals surface area contributed by atoms with Crippen LogP contribution in [-0.4, -0.2) is 33.4 Å². The number of ether oxygens (including phenoxy) is 1. The Labute approximate surface area is 168 Å². The lowest BCUT2D eigenvalue weighted by Gasteiger charge is -2.33. The van der Waals surface area contributed by atoms with Gasteiger partial charge in [-0.2, -0.15) is 0 Å². The number of carbonyl (C=O) groups is 1. The van der Waals surface area contributed by atoms with Crippen molar-refractivity contribution in [3.63, 3.8) is 0 Å². The van der Waals surface area contributed by atoms with Crippen molar-refractivity contribution >= 4 is 23.0 Å². The molecule has 2 heterocycles. The summed E-state index contributed by atoms with van der Waals surface area (Å²) in [5.41, 5.74) is 1.22. The smallest absolute Gasteiger partial charge is 0.413 e. The number of hydrogen-bond acceptors (Lipinski definition) is 6. The molecule has 3 rings (SSSR count). The summed E-state index contributed by atoms with van der Waals surface area (Å²) in [7, 11) is 0. The lowest BCUT2D eigenvalue weighted by Crippen LogP contribution is -2.38. The number of hydrogen-bond donors (Lipinski definition) is 1. The maximum absolute atomic E-state index is 14.4. The average molecular weight is 402 g/mol. The van der Waals surface area contributed by atoms with E-state index in [2.05, 4.69) is 27.2 Å². The minimum absolute atomic E-state index is 0.352. The molecule has 0 radical (unpaired) electrons. The monoisotopic (exact) mass is 402 g/mol. The van der Waals surface area contributed by atoms with Crippen molar-refractivity contribution in [2.45, 2.75) is 44.5 Å². The summed E-state index contributed by atoms with van der Waals surface area (Å²) in [6.07, 6.45) is 4.84. The van der Waals surface area contributed by atoms with E-state index in [1.54, 1.807) is 39.1 Å². The predicted molar refractivity (Wildman–Crippen MR) is 109 cm³/mol. The number of alkyl carbamates (subject to hydrolysis) is 1. The van der Waals surface area contributed by atoms with Gasteiger partial charge in [-0.15, -0.1) is 0 Å². The van der Waals surface area contributed by atoms with Gasteiger partial charge < -0.3 is 4.74 Å². The molecule has 1 aliphatic heterocycles. The highest BCUT2D eigenvalue weighted by Crippen LogP contribution is 2.43. The first-order chi connectivity index (χ1) is 13.2. The van der Waals surface area contributed by atoms with Gasteiger partial charge in [0.15, 0.2) is 5.17 Å². The third kappa shape index (κ3) is 4.86. The first-order valence-electron chi connectivity index (χ1n) is 8.96. The molecule has 0 aliphatic carbocycles. The SMILES string of the molecule is CC(C)(C)OC(=O)NC1=NCC[C@@](C)(c2ccc(F)c(-c3cnccn3)c2)S1. The summed E-state index contributed by atoms with van der Waals surface area (Å²) < 4.78 is 19.3. The highest BCUT2D eigenvalue weighted by molar-refractivity contribution is 8.14. The van der Waals surface area contributed by atoms with E-state index in [0.29, 0.717) is 23.0 Å². The van der Waals surface area contributed by atoms with Crippen molar-refractivity contribution in [1.82, 2.24) is 15.3 Å². The van der Waals surface area contributed by atoms with Gasteiger partial charge in [-0.05, 0) is 51.8 Å². The maximum atomic E-state index is 14.4. The van der Waals surface area contributed by atoms with Crippen molar-refractivity contribution in [1.29, 1.82) is 0 Å². The molecule has 0 fully saturated rings. The fourth-order valence-electron chi connectivity index (χ4n) is 2.82. The zero-order chi connectivity index (χ0) is 20.4. The number of aliphatic imine (C=N–C) groups is 1. The highest BCUT2D eigenvalue weighted by Gasteiger charge is 2.34. The first-order valence-corrected chi connectivity index (χ1v) is 9.78. The van der Waals surface area contributed by atoms with Gasteiger partial charge in [0.2, 0.25) is 0 Å². The van der Waals surface area contributed by atoms with E-state index in [0.717, 1.165) is 12.0 Å². The molecule has 0 unspecified atom stereocenters. The van der Waals surface area contributed by atoms with Crippen LogP contribution in [0.2, 0.25) is 0 Å². The minimum Gasteiger partial charge on any atom is -0.444 e. The van der Waals surface area contributed by atoms with Crippen molar-refractivity contribution in [3.8, 4) is 11.3 Å². The molecule has 1 amide bonds. The van der Waals surface area contributed by atoms with Crippen LogP contribution in [0.15, 0.2) is 41.8 Å². The fourth-order valence-corrected chi connectivity index (χ4v) is 3.97. The number of thioether (sulfide) groups is 1. The second-order valence-corrected chi connectivity index (χ2v) is 9.17. The molecule has 28 heavy (non-hydrogen) atoms. The number of carbonyl (C=O) groups excluding carboxylic acids is 1. The predicted octanol–water partition coefficient (Wildman–Crippen LogP) is 4.52. The molecule has 0 saturated heterocycles. The van der Waals surface area contributed by atoms with Crippen LogP contribution < -0.4 is 5.32 Å². The number of amides is 1. The largest absolute Gasteiger partial charge is 0.444 e. The van der Waals surface area contributed by atoms with E-state index in [4.69, 9.17) is 4.74 Å². The van der Waals surface area contributed by atoms with Crippen LogP contribution in [0.1, 0.15) is 39.7 Å². The third-order valence-corrected chi connectivity index (χ3v) is 5.51. The van der Waals surface area contributed by atoms with Crippen LogP contribution in [0.4, 0.5) is 9.18 Å². The van der Waals surface area contributed by atoms with Gasteiger partial charge in [-0.3, -0.25) is 20.3 Å². The molecule has 1 aromatic carbocycles. The van der Waals surface area contributed by atoms with E-state index in [-0.39, 0.29) is 10.6 Å². The molecule has 1 aliphatic rings. The molecule has 8 heteroatoms. The molecule has 1 aromatic heterocycles. The second kappa shape index (κ2) is 7.87. The third-order valence-electron chi connectivity index (χ3n) is 4.19. The van der Waals surface area contributed by atoms with Gasteiger partial charge in [-0.1, -0.05) is 17.8 Å². The van der Waals surface area contributed by atoms with Crippen LogP contribution in [-0.2, 0) is 9.48 Å². The summed E-state index contributed by atoms with van der Waals surface area (Å²) >= 11 is 1.43. The van der Waals surface area contributed by atoms with Crippen molar-refractivity contribution in [2.75, 3.05) is 6.54 Å². The van der Waals surface area contributed by atoms with Gasteiger partial charge in [0.05, 0.1) is 11.9 Å². The molecule has 1 N–H and O–H groups in total. The van der Waals surface area contributed by atoms with Gasteiger partial charge in [0, 0.05) is 29.2 Å². The summed E-state index contributed by atoms with van der Waals surface area (Å²) in [6.45, 7) is 8.01. The zero-order valence-corrected chi connectivity index (χ0v) is 17.1. The van der Waals surface area contributed by atoms with Gasteiger partial charge in [0.25, 0.3) is 0 Å². The van der Waals surface area contributed by atoms with Crippen LogP contribution in [0.25, 0.3) is 11.3 Å². The first kappa shape index (κ1) is 20.3. The number of aromatic nitrogens is 2. The summed E-state index contributed by atoms with van der Waals surface area (Å²) in [5, 5.41) is 3.21. The number of rotatable bonds is 2. The summed E-state index contributed by atoms with van der Waals surface area (Å²) in [5.74, 6) is -0.352. The Morgan fingerprint density at radius 3 is 2.79 bits per heavy atom. The van der Waals surface area contributed by atoms with Gasteiger partial charge in [-0.25, -0.2) is 9.18 Å². The van der Waals surface area contributed by atoms with Crippen molar-refractivity contribution < 1.29 is 13.9 Å². The number of amidine groups is 1. The molecule has 0 saturated carbocycles. The lowest BCUT2D eigenvalue weighted by molar-refractivity contribution is 0.0564. The van der Waals surface area contributed by atoms with E-state index < -0.39 is 11.7 Å². The Hall–Kier alpha value is -2.48. The van der Waals surface area contributed by atoms with Crippen LogP contribution in [0.3, 0.4) is 0 Å². The molecule has 1 atom stereocenters. The van der Waals surface area contributed by atoms with Crippen molar-refractivity contribution in [2.24, 2.45) is 4.99 Å². The summed E-state index contributed by atoms with van der Waals surface area (Å²) in [6, 6.07) is 5.00. The quantitative estimate of drug-likeness (QED) is 0.799. The van der Waals surface area contributed by atoms with Gasteiger partial charge in [0.1, 0.15) is 11.4 Å². The van der Waals surface area contributed by atoms with Gasteiger partial charge >= 0.3 is 6.09 Å². The maximum Gasteiger partial charge on any atom is 0.413 e. The van der Waals surface area contributed by atoms with Crippen LogP contribution >= 0.6 is 11.8 Å². The Balaban J connectivity index is 1.82. The molecular weight excluding hydrogens is 379 g/mol. The number of nitrogens with zero attached hydrogens (tertiary/aromatic N) is 3. The van der Waals surface area contributed by atoms with E-state index in [1.807, 2.05) is 0 Å². The van der Waals surface area contributed by atoms with Crippen LogP contribution in [0, 0.1) is 5.82 Å². The van der Waals surface area contributed by atoms with Crippen molar-refractivity contribution in [3.05, 3.63) is 48.2 Å². The molecule has 148 valence electrons. The normalized spacial score (nSPS) is 19.7. The Bertz CT molecular complexity index is 899. The highest BCUT2D eigenvalue weighted by atomic mass is 32.2. The topological polar surface area (TPSA) is 76.5 Å². The Morgan fingerprint density at radius 1 is 1.32 bits per heavy atom. The number of benzene rings is 1. The van der Waals surface area contributed by atoms with E-state index in [1.165, 1.54) is 30.2 Å². The standard InChI is InChI=1S/C20H23FN4O2S/c1-19(2,3)27-18(26)25-17-24-8-7-20(4,28-17)13-5-6-15(21)14(11-13)16-12-22-9-10-23-16/h5-6,9-12H,7-8H2,1-4H3,(H,24,25,26)/t20-/m0/s1. The second-order valence-electron chi connectivity index (χ2n) is 7.68. The fraction of sp³-hybridized carbons (Fsp3) is 0.400. The minimum atomic E-state index is -0.587. The average Bonchev–Trinajstić information content (AvgIpc) is 2.61. The molecule has 0 spiro atoms. The van der Waals surface area contributed by atoms with Crippen LogP contribution in [0.5, 0.6) is 0 Å². The molecule has 0 bridgehead atoms. The lowest BCUT2D eigenvalue weighted by atomic mass is 9.94. The zero-order valence-electron chi connectivity index (χ0n) is 16.3. The number of nitrogens with one attached hydrogen (secondary N) is 1. The van der Waals surface area contributed by atoms with E-state index in [9.17, 15) is 9.18 Å². The van der Waals surface area contributed by atoms with E-state index >= 15 is 0 Å². The molecular formula is C20H23FN4O2S. The summed E-state index contributed by atoms with van der Waals surface area (Å²) in [4.78, 5) is 24.7. The Kier molecular flexibility index (Phi) is 5.69.